The summed E-state index contributed by atoms with van der Waals surface area (Å²) in [5.41, 5.74) is 1.46. The Morgan fingerprint density at radius 3 is 2.42 bits per heavy atom. The highest BCUT2D eigenvalue weighted by Gasteiger charge is 2.06. The van der Waals surface area contributed by atoms with Crippen molar-refractivity contribution < 1.29 is 9.13 Å². The topological polar surface area (TPSA) is 56.8 Å². The van der Waals surface area contributed by atoms with Gasteiger partial charge in [-0.1, -0.05) is 6.07 Å². The van der Waals surface area contributed by atoms with Gasteiger partial charge < -0.3 is 4.74 Å². The number of ether oxygens (including phenoxy) is 1. The number of nitriles is 2. The van der Waals surface area contributed by atoms with Crippen molar-refractivity contribution in [3.8, 4) is 23.6 Å². The van der Waals surface area contributed by atoms with Crippen LogP contribution in [0.2, 0.25) is 0 Å². The lowest BCUT2D eigenvalue weighted by atomic mass is 10.1. The summed E-state index contributed by atoms with van der Waals surface area (Å²) in [6.45, 7) is 1.82. The number of hydrogen-bond donors (Lipinski definition) is 0. The van der Waals surface area contributed by atoms with Crippen molar-refractivity contribution in [2.45, 2.75) is 6.92 Å². The van der Waals surface area contributed by atoms with Crippen molar-refractivity contribution in [1.82, 2.24) is 0 Å². The Bertz CT molecular complexity index is 711. The van der Waals surface area contributed by atoms with Crippen LogP contribution in [0.5, 0.6) is 11.5 Å². The fourth-order valence-electron chi connectivity index (χ4n) is 1.59. The molecule has 0 atom stereocenters. The Kier molecular flexibility index (Phi) is 3.45. The van der Waals surface area contributed by atoms with Gasteiger partial charge >= 0.3 is 0 Å². The molecule has 4 heteroatoms. The number of halogens is 1. The molecule has 0 aliphatic heterocycles. The summed E-state index contributed by atoms with van der Waals surface area (Å²) in [6.07, 6.45) is 0. The lowest BCUT2D eigenvalue weighted by Gasteiger charge is -2.09. The average molecular weight is 252 g/mol. The van der Waals surface area contributed by atoms with Gasteiger partial charge in [0.25, 0.3) is 0 Å². The summed E-state index contributed by atoms with van der Waals surface area (Å²) in [5.74, 6) is 0.159. The molecule has 2 rings (SSSR count). The van der Waals surface area contributed by atoms with Gasteiger partial charge in [-0.05, 0) is 36.8 Å². The standard InChI is InChI=1S/C15H9FN2O/c1-10-2-3-11(8-17)6-15(10)19-14-5-12(9-18)4-13(16)7-14/h2-7H,1H3. The quantitative estimate of drug-likeness (QED) is 0.819. The van der Waals surface area contributed by atoms with E-state index in [9.17, 15) is 4.39 Å². The monoisotopic (exact) mass is 252 g/mol. The third-order valence-corrected chi connectivity index (χ3v) is 2.55. The number of hydrogen-bond acceptors (Lipinski definition) is 3. The van der Waals surface area contributed by atoms with Crippen LogP contribution in [0.25, 0.3) is 0 Å². The van der Waals surface area contributed by atoms with Crippen molar-refractivity contribution in [3.05, 3.63) is 58.9 Å². The third-order valence-electron chi connectivity index (χ3n) is 2.55. The summed E-state index contributed by atoms with van der Waals surface area (Å²) in [4.78, 5) is 0. The summed E-state index contributed by atoms with van der Waals surface area (Å²) in [7, 11) is 0. The van der Waals surface area contributed by atoms with Gasteiger partial charge in [0, 0.05) is 6.07 Å². The SMILES string of the molecule is Cc1ccc(C#N)cc1Oc1cc(F)cc(C#N)c1. The second kappa shape index (κ2) is 5.20. The molecule has 0 N–H and O–H groups in total. The van der Waals surface area contributed by atoms with Gasteiger partial charge in [0.15, 0.2) is 0 Å². The Morgan fingerprint density at radius 1 is 1.00 bits per heavy atom. The van der Waals surface area contributed by atoms with E-state index in [2.05, 4.69) is 0 Å². The number of rotatable bonds is 2. The highest BCUT2D eigenvalue weighted by atomic mass is 19.1. The lowest BCUT2D eigenvalue weighted by molar-refractivity contribution is 0.473. The van der Waals surface area contributed by atoms with E-state index in [4.69, 9.17) is 15.3 Å². The van der Waals surface area contributed by atoms with E-state index in [-0.39, 0.29) is 11.3 Å². The molecule has 0 aliphatic rings. The van der Waals surface area contributed by atoms with Gasteiger partial charge in [-0.3, -0.25) is 0 Å². The number of aryl methyl sites for hydroxylation is 1. The molecule has 3 nitrogen and oxygen atoms in total. The van der Waals surface area contributed by atoms with Crippen molar-refractivity contribution in [1.29, 1.82) is 10.5 Å². The van der Waals surface area contributed by atoms with E-state index in [1.54, 1.807) is 18.2 Å². The van der Waals surface area contributed by atoms with Crippen LogP contribution >= 0.6 is 0 Å². The summed E-state index contributed by atoms with van der Waals surface area (Å²) >= 11 is 0. The fourth-order valence-corrected chi connectivity index (χ4v) is 1.59. The molecular formula is C15H9FN2O. The second-order valence-electron chi connectivity index (χ2n) is 3.98. The average Bonchev–Trinajstić information content (AvgIpc) is 2.40. The van der Waals surface area contributed by atoms with E-state index in [0.29, 0.717) is 11.3 Å². The molecule has 0 aromatic heterocycles. The van der Waals surface area contributed by atoms with Gasteiger partial charge in [-0.2, -0.15) is 10.5 Å². The molecule has 2 aromatic carbocycles. The summed E-state index contributed by atoms with van der Waals surface area (Å²) in [6, 6.07) is 12.6. The molecule has 0 saturated carbocycles. The van der Waals surface area contributed by atoms with Gasteiger partial charge in [0.1, 0.15) is 17.3 Å². The zero-order valence-corrected chi connectivity index (χ0v) is 10.1. The Morgan fingerprint density at radius 2 is 1.74 bits per heavy atom. The first kappa shape index (κ1) is 12.6. The minimum Gasteiger partial charge on any atom is -0.457 e. The molecule has 0 saturated heterocycles. The number of benzene rings is 2. The van der Waals surface area contributed by atoms with Gasteiger partial charge in [0.05, 0.1) is 23.3 Å². The van der Waals surface area contributed by atoms with Crippen LogP contribution in [0, 0.1) is 35.4 Å². The van der Waals surface area contributed by atoms with Crippen LogP contribution in [0.4, 0.5) is 4.39 Å². The largest absolute Gasteiger partial charge is 0.457 e. The van der Waals surface area contributed by atoms with Crippen molar-refractivity contribution in [2.75, 3.05) is 0 Å². The fraction of sp³-hybridized carbons (Fsp3) is 0.0667. The lowest BCUT2D eigenvalue weighted by Crippen LogP contribution is -1.91. The molecule has 92 valence electrons. The molecule has 0 aliphatic carbocycles. The van der Waals surface area contributed by atoms with Crippen molar-refractivity contribution >= 4 is 0 Å². The normalized spacial score (nSPS) is 9.47. The predicted molar refractivity (Wildman–Crippen MR) is 67.1 cm³/mol. The Hall–Kier alpha value is -2.85. The van der Waals surface area contributed by atoms with Crippen LogP contribution in [0.3, 0.4) is 0 Å². The zero-order chi connectivity index (χ0) is 13.8. The zero-order valence-electron chi connectivity index (χ0n) is 10.1. The smallest absolute Gasteiger partial charge is 0.131 e. The maximum atomic E-state index is 13.3. The van der Waals surface area contributed by atoms with E-state index in [0.717, 1.165) is 11.6 Å². The second-order valence-corrected chi connectivity index (χ2v) is 3.98. The van der Waals surface area contributed by atoms with E-state index in [1.165, 1.54) is 12.1 Å². The van der Waals surface area contributed by atoms with Gasteiger partial charge in [-0.25, -0.2) is 4.39 Å². The highest BCUT2D eigenvalue weighted by molar-refractivity contribution is 5.45. The summed E-state index contributed by atoms with van der Waals surface area (Å²) in [5, 5.41) is 17.6. The Balaban J connectivity index is 2.39. The third kappa shape index (κ3) is 2.88. The molecule has 0 unspecified atom stereocenters. The van der Waals surface area contributed by atoms with Gasteiger partial charge in [0.2, 0.25) is 0 Å². The molecule has 0 spiro atoms. The molecule has 0 fully saturated rings. The van der Waals surface area contributed by atoms with Crippen molar-refractivity contribution in [2.24, 2.45) is 0 Å². The van der Waals surface area contributed by atoms with Crippen LogP contribution in [-0.2, 0) is 0 Å². The molecule has 0 radical (unpaired) electrons. The number of nitrogens with zero attached hydrogens (tertiary/aromatic N) is 2. The molecule has 0 heterocycles. The molecule has 19 heavy (non-hydrogen) atoms. The van der Waals surface area contributed by atoms with Crippen LogP contribution < -0.4 is 4.74 Å². The van der Waals surface area contributed by atoms with E-state index in [1.807, 2.05) is 19.1 Å². The first-order valence-corrected chi connectivity index (χ1v) is 5.51. The van der Waals surface area contributed by atoms with Crippen LogP contribution in [0.15, 0.2) is 36.4 Å². The maximum absolute atomic E-state index is 13.3. The minimum atomic E-state index is -0.539. The Labute approximate surface area is 110 Å². The van der Waals surface area contributed by atoms with Gasteiger partial charge in [-0.15, -0.1) is 0 Å². The molecule has 0 bridgehead atoms. The summed E-state index contributed by atoms with van der Waals surface area (Å²) < 4.78 is 18.8. The maximum Gasteiger partial charge on any atom is 0.131 e. The van der Waals surface area contributed by atoms with Crippen LogP contribution in [0.1, 0.15) is 16.7 Å². The molecule has 0 amide bonds. The highest BCUT2D eigenvalue weighted by Crippen LogP contribution is 2.27. The first-order valence-electron chi connectivity index (χ1n) is 5.51. The van der Waals surface area contributed by atoms with Crippen molar-refractivity contribution in [3.63, 3.8) is 0 Å². The first-order chi connectivity index (χ1) is 9.12. The predicted octanol–water partition coefficient (Wildman–Crippen LogP) is 3.67. The van der Waals surface area contributed by atoms with Crippen LogP contribution in [-0.4, -0.2) is 0 Å². The minimum absolute atomic E-state index is 0.184. The molecular weight excluding hydrogens is 243 g/mol. The van der Waals surface area contributed by atoms with E-state index < -0.39 is 5.82 Å². The molecule has 2 aromatic rings. The van der Waals surface area contributed by atoms with E-state index >= 15 is 0 Å².